The average molecular weight is 317 g/mol. The van der Waals surface area contributed by atoms with Crippen LogP contribution in [0.2, 0.25) is 0 Å². The molecule has 0 atom stereocenters. The van der Waals surface area contributed by atoms with Crippen LogP contribution in [0.15, 0.2) is 47.7 Å². The van der Waals surface area contributed by atoms with Crippen molar-refractivity contribution in [2.24, 2.45) is 0 Å². The third-order valence-electron chi connectivity index (χ3n) is 3.08. The smallest absolute Gasteiger partial charge is 0.253 e. The largest absolute Gasteiger partial charge is 0.491 e. The van der Waals surface area contributed by atoms with E-state index in [1.807, 2.05) is 0 Å². The van der Waals surface area contributed by atoms with Crippen LogP contribution < -0.4 is 15.6 Å². The van der Waals surface area contributed by atoms with Gasteiger partial charge in [-0.3, -0.25) is 14.2 Å². The van der Waals surface area contributed by atoms with Crippen molar-refractivity contribution < 1.29 is 14.3 Å². The standard InChI is InChI=1S/C16H19N3O4/c1-22-9-10-23-14-4-2-3-13(11-14)16(21)18-7-8-19-12-17-6-5-15(19)20/h2-6,11-12H,7-10H2,1H3,(H,18,21). The minimum Gasteiger partial charge on any atom is -0.491 e. The van der Waals surface area contributed by atoms with Gasteiger partial charge in [0.05, 0.1) is 12.9 Å². The van der Waals surface area contributed by atoms with E-state index >= 15 is 0 Å². The van der Waals surface area contributed by atoms with Crippen LogP contribution >= 0.6 is 0 Å². The summed E-state index contributed by atoms with van der Waals surface area (Å²) in [6.07, 6.45) is 2.88. The summed E-state index contributed by atoms with van der Waals surface area (Å²) >= 11 is 0. The van der Waals surface area contributed by atoms with Gasteiger partial charge in [0.15, 0.2) is 0 Å². The number of rotatable bonds is 8. The molecule has 2 aromatic rings. The molecular weight excluding hydrogens is 298 g/mol. The third-order valence-corrected chi connectivity index (χ3v) is 3.08. The first-order valence-electron chi connectivity index (χ1n) is 7.21. The average Bonchev–Trinajstić information content (AvgIpc) is 2.57. The van der Waals surface area contributed by atoms with Crippen LogP contribution in [0.3, 0.4) is 0 Å². The number of benzene rings is 1. The zero-order valence-corrected chi connectivity index (χ0v) is 12.9. The highest BCUT2D eigenvalue weighted by molar-refractivity contribution is 5.94. The number of hydrogen-bond donors (Lipinski definition) is 1. The molecule has 7 heteroatoms. The highest BCUT2D eigenvalue weighted by Gasteiger charge is 2.06. The first-order valence-corrected chi connectivity index (χ1v) is 7.21. The van der Waals surface area contributed by atoms with Crippen molar-refractivity contribution in [3.05, 3.63) is 58.8 Å². The quantitative estimate of drug-likeness (QED) is 0.725. The summed E-state index contributed by atoms with van der Waals surface area (Å²) in [6, 6.07) is 8.28. The van der Waals surface area contributed by atoms with E-state index in [2.05, 4.69) is 10.3 Å². The summed E-state index contributed by atoms with van der Waals surface area (Å²) in [5, 5.41) is 2.76. The lowest BCUT2D eigenvalue weighted by molar-refractivity contribution is 0.0951. The molecule has 1 aromatic heterocycles. The van der Waals surface area contributed by atoms with E-state index in [1.165, 1.54) is 23.2 Å². The predicted octanol–water partition coefficient (Wildman–Crippen LogP) is 0.698. The van der Waals surface area contributed by atoms with Crippen LogP contribution in [-0.4, -0.2) is 42.3 Å². The minimum atomic E-state index is -0.223. The molecule has 0 spiro atoms. The minimum absolute atomic E-state index is 0.150. The molecule has 0 saturated carbocycles. The molecule has 0 saturated heterocycles. The van der Waals surface area contributed by atoms with Gasteiger partial charge in [-0.15, -0.1) is 0 Å². The molecule has 1 amide bonds. The summed E-state index contributed by atoms with van der Waals surface area (Å²) in [5.41, 5.74) is 0.348. The van der Waals surface area contributed by atoms with Crippen molar-refractivity contribution in [2.75, 3.05) is 26.9 Å². The SMILES string of the molecule is COCCOc1cccc(C(=O)NCCn2cnccc2=O)c1. The van der Waals surface area contributed by atoms with Crippen LogP contribution in [0.5, 0.6) is 5.75 Å². The van der Waals surface area contributed by atoms with Crippen LogP contribution in [0, 0.1) is 0 Å². The van der Waals surface area contributed by atoms with Gasteiger partial charge in [-0.25, -0.2) is 4.98 Å². The Balaban J connectivity index is 1.87. The molecule has 1 heterocycles. The van der Waals surface area contributed by atoms with E-state index in [4.69, 9.17) is 9.47 Å². The molecule has 7 nitrogen and oxygen atoms in total. The molecular formula is C16H19N3O4. The Hall–Kier alpha value is -2.67. The monoisotopic (exact) mass is 317 g/mol. The second-order valence-electron chi connectivity index (χ2n) is 4.74. The van der Waals surface area contributed by atoms with Crippen LogP contribution in [0.4, 0.5) is 0 Å². The van der Waals surface area contributed by atoms with Gasteiger partial charge in [-0.1, -0.05) is 6.07 Å². The summed E-state index contributed by atoms with van der Waals surface area (Å²) < 4.78 is 11.8. The number of nitrogens with one attached hydrogen (secondary N) is 1. The molecule has 0 aliphatic carbocycles. The maximum atomic E-state index is 12.1. The Kier molecular flexibility index (Phi) is 6.31. The van der Waals surface area contributed by atoms with Gasteiger partial charge in [-0.05, 0) is 18.2 Å². The van der Waals surface area contributed by atoms with Crippen LogP contribution in [0.25, 0.3) is 0 Å². The fourth-order valence-corrected chi connectivity index (χ4v) is 1.91. The number of hydrogen-bond acceptors (Lipinski definition) is 5. The lowest BCUT2D eigenvalue weighted by Crippen LogP contribution is -2.30. The predicted molar refractivity (Wildman–Crippen MR) is 84.6 cm³/mol. The van der Waals surface area contributed by atoms with Gasteiger partial charge in [0.2, 0.25) is 0 Å². The Morgan fingerprint density at radius 2 is 2.17 bits per heavy atom. The molecule has 0 aliphatic rings. The van der Waals surface area contributed by atoms with E-state index in [0.717, 1.165) is 0 Å². The summed E-state index contributed by atoms with van der Waals surface area (Å²) in [6.45, 7) is 1.60. The van der Waals surface area contributed by atoms with Gasteiger partial charge < -0.3 is 14.8 Å². The molecule has 2 rings (SSSR count). The molecule has 1 N–H and O–H groups in total. The zero-order valence-electron chi connectivity index (χ0n) is 12.9. The fourth-order valence-electron chi connectivity index (χ4n) is 1.91. The van der Waals surface area contributed by atoms with Gasteiger partial charge in [0, 0.05) is 38.0 Å². The van der Waals surface area contributed by atoms with Gasteiger partial charge in [0.25, 0.3) is 11.5 Å². The zero-order chi connectivity index (χ0) is 16.5. The van der Waals surface area contributed by atoms with Crippen molar-refractivity contribution in [1.82, 2.24) is 14.9 Å². The molecule has 0 radical (unpaired) electrons. The molecule has 0 aliphatic heterocycles. The maximum Gasteiger partial charge on any atom is 0.253 e. The Morgan fingerprint density at radius 1 is 1.30 bits per heavy atom. The number of nitrogens with zero attached hydrogens (tertiary/aromatic N) is 2. The summed E-state index contributed by atoms with van der Waals surface area (Å²) in [5.74, 6) is 0.386. The molecule has 0 unspecified atom stereocenters. The van der Waals surface area contributed by atoms with Gasteiger partial charge in [-0.2, -0.15) is 0 Å². The van der Waals surface area contributed by atoms with Crippen molar-refractivity contribution in [3.8, 4) is 5.75 Å². The van der Waals surface area contributed by atoms with E-state index < -0.39 is 0 Å². The first kappa shape index (κ1) is 16.7. The van der Waals surface area contributed by atoms with Crippen molar-refractivity contribution in [1.29, 1.82) is 0 Å². The first-order chi connectivity index (χ1) is 11.2. The number of methoxy groups -OCH3 is 1. The number of carbonyl (C=O) groups is 1. The molecule has 0 bridgehead atoms. The number of aromatic nitrogens is 2. The molecule has 0 fully saturated rings. The van der Waals surface area contributed by atoms with Crippen LogP contribution in [0.1, 0.15) is 10.4 Å². The van der Waals surface area contributed by atoms with E-state index in [1.54, 1.807) is 31.4 Å². The highest BCUT2D eigenvalue weighted by atomic mass is 16.5. The second kappa shape index (κ2) is 8.70. The maximum absolute atomic E-state index is 12.1. The fraction of sp³-hybridized carbons (Fsp3) is 0.312. The Labute approximate surface area is 133 Å². The lowest BCUT2D eigenvalue weighted by Gasteiger charge is -2.09. The highest BCUT2D eigenvalue weighted by Crippen LogP contribution is 2.13. The summed E-state index contributed by atoms with van der Waals surface area (Å²) in [7, 11) is 1.60. The van der Waals surface area contributed by atoms with E-state index in [0.29, 0.717) is 37.6 Å². The third kappa shape index (κ3) is 5.23. The van der Waals surface area contributed by atoms with Crippen molar-refractivity contribution in [2.45, 2.75) is 6.54 Å². The van der Waals surface area contributed by atoms with Crippen LogP contribution in [-0.2, 0) is 11.3 Å². The Morgan fingerprint density at radius 3 is 2.96 bits per heavy atom. The van der Waals surface area contributed by atoms with Crippen molar-refractivity contribution >= 4 is 5.91 Å². The summed E-state index contributed by atoms with van der Waals surface area (Å²) in [4.78, 5) is 27.5. The van der Waals surface area contributed by atoms with E-state index in [-0.39, 0.29) is 11.5 Å². The number of carbonyl (C=O) groups excluding carboxylic acids is 1. The lowest BCUT2D eigenvalue weighted by atomic mass is 10.2. The Bertz CT molecular complexity index is 699. The molecule has 122 valence electrons. The van der Waals surface area contributed by atoms with Crippen molar-refractivity contribution in [3.63, 3.8) is 0 Å². The van der Waals surface area contributed by atoms with E-state index in [9.17, 15) is 9.59 Å². The number of ether oxygens (including phenoxy) is 2. The van der Waals surface area contributed by atoms with Gasteiger partial charge in [0.1, 0.15) is 12.4 Å². The molecule has 1 aromatic carbocycles. The normalized spacial score (nSPS) is 10.3. The second-order valence-corrected chi connectivity index (χ2v) is 4.74. The number of amides is 1. The topological polar surface area (TPSA) is 82.4 Å². The molecule has 23 heavy (non-hydrogen) atoms. The van der Waals surface area contributed by atoms with Gasteiger partial charge >= 0.3 is 0 Å².